The summed E-state index contributed by atoms with van der Waals surface area (Å²) in [4.78, 5) is 28.0. The van der Waals surface area contributed by atoms with Crippen molar-refractivity contribution >= 4 is 11.9 Å². The molecule has 0 saturated heterocycles. The number of esters is 2. The lowest BCUT2D eigenvalue weighted by atomic mass is 9.95. The van der Waals surface area contributed by atoms with Gasteiger partial charge in [0.05, 0.1) is 14.2 Å². The Kier molecular flexibility index (Phi) is 10.7. The second-order valence-electron chi connectivity index (χ2n) is 12.0. The summed E-state index contributed by atoms with van der Waals surface area (Å²) in [6.07, 6.45) is -0.640. The molecule has 0 aliphatic rings. The van der Waals surface area contributed by atoms with Gasteiger partial charge in [0, 0.05) is 11.1 Å². The van der Waals surface area contributed by atoms with Crippen LogP contribution in [0.15, 0.2) is 91.0 Å². The molecule has 0 aromatic heterocycles. The van der Waals surface area contributed by atoms with Gasteiger partial charge < -0.3 is 23.7 Å². The number of ether oxygens (including phenoxy) is 5. The topological polar surface area (TPSA) is 80.3 Å². The molecule has 0 aliphatic heterocycles. The first-order chi connectivity index (χ1) is 23.6. The fraction of sp³-hybridized carbons (Fsp3) is 0.238. The van der Waals surface area contributed by atoms with Gasteiger partial charge in [-0.05, 0) is 80.5 Å². The van der Waals surface area contributed by atoms with Crippen LogP contribution in [-0.4, -0.2) is 26.2 Å². The molecule has 252 valence electrons. The van der Waals surface area contributed by atoms with Crippen molar-refractivity contribution in [2.75, 3.05) is 14.2 Å². The highest BCUT2D eigenvalue weighted by Crippen LogP contribution is 2.42. The van der Waals surface area contributed by atoms with Crippen molar-refractivity contribution in [2.24, 2.45) is 0 Å². The lowest BCUT2D eigenvalue weighted by Crippen LogP contribution is -2.19. The largest absolute Gasteiger partial charge is 0.495 e. The van der Waals surface area contributed by atoms with Crippen LogP contribution in [0.4, 0.5) is 0 Å². The van der Waals surface area contributed by atoms with Crippen molar-refractivity contribution in [3.8, 4) is 23.0 Å². The first kappa shape index (κ1) is 34.8. The van der Waals surface area contributed by atoms with Crippen molar-refractivity contribution in [1.29, 1.82) is 0 Å². The van der Waals surface area contributed by atoms with E-state index in [0.717, 1.165) is 22.3 Å². The van der Waals surface area contributed by atoms with Crippen LogP contribution >= 0.6 is 0 Å². The Morgan fingerprint density at radius 2 is 0.939 bits per heavy atom. The fourth-order valence-corrected chi connectivity index (χ4v) is 6.20. The van der Waals surface area contributed by atoms with E-state index in [4.69, 9.17) is 23.7 Å². The highest BCUT2D eigenvalue weighted by atomic mass is 16.6. The predicted octanol–water partition coefficient (Wildman–Crippen LogP) is 9.30. The number of carbonyl (C=O) groups excluding carboxylic acids is 2. The van der Waals surface area contributed by atoms with E-state index in [-0.39, 0.29) is 11.3 Å². The van der Waals surface area contributed by atoms with Crippen LogP contribution in [0.3, 0.4) is 0 Å². The van der Waals surface area contributed by atoms with E-state index in [1.54, 1.807) is 13.8 Å². The third-order valence-corrected chi connectivity index (χ3v) is 9.04. The smallest absolute Gasteiger partial charge is 0.347 e. The molecule has 49 heavy (non-hydrogen) atoms. The molecule has 7 nitrogen and oxygen atoms in total. The molecule has 0 heterocycles. The van der Waals surface area contributed by atoms with Gasteiger partial charge in [0.2, 0.25) is 0 Å². The van der Waals surface area contributed by atoms with Gasteiger partial charge >= 0.3 is 11.9 Å². The molecule has 0 amide bonds. The van der Waals surface area contributed by atoms with Crippen molar-refractivity contribution in [2.45, 2.75) is 54.3 Å². The van der Waals surface area contributed by atoms with Crippen LogP contribution in [0, 0.1) is 41.5 Å². The van der Waals surface area contributed by atoms with Crippen molar-refractivity contribution in [3.05, 3.63) is 152 Å². The monoisotopic (exact) mass is 658 g/mol. The van der Waals surface area contributed by atoms with E-state index < -0.39 is 18.0 Å². The third kappa shape index (κ3) is 7.02. The molecular formula is C42H42O7. The molecule has 0 radical (unpaired) electrons. The minimum atomic E-state index is -0.640. The van der Waals surface area contributed by atoms with Crippen LogP contribution in [0.25, 0.3) is 0 Å². The molecule has 0 fully saturated rings. The molecule has 0 unspecified atom stereocenters. The first-order valence-corrected chi connectivity index (χ1v) is 16.1. The Bertz CT molecular complexity index is 1930. The molecule has 0 saturated carbocycles. The molecule has 0 bridgehead atoms. The molecule has 0 atom stereocenters. The SMILES string of the molecule is COc1c(C)c(OCc2ccccc2)c(C)c(C)c1C(=O)Oc1c(C)c(C)c(C(=O)OC(c2ccccc2)c2ccccc2)c(OC)c1C. The van der Waals surface area contributed by atoms with Gasteiger partial charge in [0.1, 0.15) is 40.7 Å². The Morgan fingerprint density at radius 1 is 0.510 bits per heavy atom. The summed E-state index contributed by atoms with van der Waals surface area (Å²) in [7, 11) is 3.01. The highest BCUT2D eigenvalue weighted by Gasteiger charge is 2.31. The third-order valence-electron chi connectivity index (χ3n) is 9.04. The average molecular weight is 659 g/mol. The number of carbonyl (C=O) groups is 2. The van der Waals surface area contributed by atoms with Gasteiger partial charge in [-0.15, -0.1) is 0 Å². The zero-order valence-electron chi connectivity index (χ0n) is 29.3. The lowest BCUT2D eigenvalue weighted by molar-refractivity contribution is 0.0373. The second kappa shape index (κ2) is 15.1. The van der Waals surface area contributed by atoms with E-state index in [0.29, 0.717) is 57.2 Å². The predicted molar refractivity (Wildman–Crippen MR) is 190 cm³/mol. The van der Waals surface area contributed by atoms with Gasteiger partial charge in [-0.2, -0.15) is 0 Å². The lowest BCUT2D eigenvalue weighted by Gasteiger charge is -2.24. The summed E-state index contributed by atoms with van der Waals surface area (Å²) in [5.74, 6) is 0.476. The van der Waals surface area contributed by atoms with Crippen molar-refractivity contribution in [3.63, 3.8) is 0 Å². The Hall–Kier alpha value is -5.56. The van der Waals surface area contributed by atoms with E-state index in [1.807, 2.05) is 119 Å². The van der Waals surface area contributed by atoms with Crippen LogP contribution in [-0.2, 0) is 11.3 Å². The summed E-state index contributed by atoms with van der Waals surface area (Å²) in [5, 5.41) is 0. The zero-order chi connectivity index (χ0) is 35.2. The standard InChI is InChI=1S/C42H42O7/c1-25-27(3)36(47-24-31-18-12-9-13-19-31)29(5)38(45-7)34(25)41(43)48-37-28(4)26(2)35(39(46-8)30(37)6)42(44)49-40(32-20-14-10-15-21-32)33-22-16-11-17-23-33/h9-23,40H,24H2,1-8H3. The maximum absolute atomic E-state index is 14.0. The quantitative estimate of drug-likeness (QED) is 0.103. The number of hydrogen-bond acceptors (Lipinski definition) is 7. The number of hydrogen-bond donors (Lipinski definition) is 0. The first-order valence-electron chi connectivity index (χ1n) is 16.1. The van der Waals surface area contributed by atoms with Crippen LogP contribution in [0.1, 0.15) is 76.9 Å². The Balaban J connectivity index is 1.49. The van der Waals surface area contributed by atoms with Gasteiger partial charge in [0.15, 0.2) is 6.10 Å². The van der Waals surface area contributed by atoms with Gasteiger partial charge in [-0.1, -0.05) is 91.0 Å². The maximum Gasteiger partial charge on any atom is 0.347 e. The summed E-state index contributed by atoms with van der Waals surface area (Å²) in [6, 6.07) is 29.1. The van der Waals surface area contributed by atoms with Crippen LogP contribution in [0.5, 0.6) is 23.0 Å². The molecular weight excluding hydrogens is 616 g/mol. The second-order valence-corrected chi connectivity index (χ2v) is 12.0. The van der Waals surface area contributed by atoms with E-state index >= 15 is 0 Å². The van der Waals surface area contributed by atoms with E-state index in [1.165, 1.54) is 14.2 Å². The summed E-state index contributed by atoms with van der Waals surface area (Å²) >= 11 is 0. The van der Waals surface area contributed by atoms with Crippen molar-refractivity contribution < 1.29 is 33.3 Å². The zero-order valence-corrected chi connectivity index (χ0v) is 29.3. The van der Waals surface area contributed by atoms with Gasteiger partial charge in [0.25, 0.3) is 0 Å². The molecule has 5 rings (SSSR count). The normalized spacial score (nSPS) is 10.9. The van der Waals surface area contributed by atoms with Crippen molar-refractivity contribution in [1.82, 2.24) is 0 Å². The number of methoxy groups -OCH3 is 2. The molecule has 5 aromatic carbocycles. The minimum Gasteiger partial charge on any atom is -0.495 e. The number of rotatable bonds is 11. The summed E-state index contributed by atoms with van der Waals surface area (Å²) in [6.45, 7) is 11.4. The molecule has 0 spiro atoms. The number of benzene rings is 5. The molecule has 0 N–H and O–H groups in total. The van der Waals surface area contributed by atoms with Crippen LogP contribution < -0.4 is 18.9 Å². The van der Waals surface area contributed by atoms with E-state index in [9.17, 15) is 9.59 Å². The Morgan fingerprint density at radius 3 is 1.43 bits per heavy atom. The molecule has 7 heteroatoms. The fourth-order valence-electron chi connectivity index (χ4n) is 6.20. The summed E-state index contributed by atoms with van der Waals surface area (Å²) < 4.78 is 30.2. The summed E-state index contributed by atoms with van der Waals surface area (Å²) in [5.41, 5.74) is 7.16. The Labute approximate surface area is 288 Å². The maximum atomic E-state index is 14.0. The minimum absolute atomic E-state index is 0.273. The van der Waals surface area contributed by atoms with Gasteiger partial charge in [-0.25, -0.2) is 9.59 Å². The van der Waals surface area contributed by atoms with Gasteiger partial charge in [-0.3, -0.25) is 0 Å². The molecule has 0 aliphatic carbocycles. The highest BCUT2D eigenvalue weighted by molar-refractivity contribution is 5.99. The van der Waals surface area contributed by atoms with E-state index in [2.05, 4.69) is 0 Å². The average Bonchev–Trinajstić information content (AvgIpc) is 3.12. The van der Waals surface area contributed by atoms with Crippen LogP contribution in [0.2, 0.25) is 0 Å². The molecule has 5 aromatic rings.